The lowest BCUT2D eigenvalue weighted by molar-refractivity contribution is 0.271. The molecule has 5 heteroatoms. The first-order chi connectivity index (χ1) is 6.76. The highest BCUT2D eigenvalue weighted by Gasteiger charge is 2.10. The first kappa shape index (κ1) is 9.48. The Morgan fingerprint density at radius 1 is 1.57 bits per heavy atom. The van der Waals surface area contributed by atoms with Crippen LogP contribution in [0.3, 0.4) is 0 Å². The van der Waals surface area contributed by atoms with Crippen LogP contribution in [0.4, 0.5) is 3.89 Å². The van der Waals surface area contributed by atoms with E-state index in [9.17, 15) is 3.89 Å². The fourth-order valence-corrected chi connectivity index (χ4v) is 1.79. The lowest BCUT2D eigenvalue weighted by Crippen LogP contribution is -1.93. The number of rotatable bonds is 2. The molecule has 0 unspecified atom stereocenters. The van der Waals surface area contributed by atoms with Crippen molar-refractivity contribution in [1.29, 1.82) is 0 Å². The van der Waals surface area contributed by atoms with Gasteiger partial charge in [-0.3, -0.25) is 0 Å². The molecule has 0 radical (unpaired) electrons. The standard InChI is InChI=1S/C9H9FN2OS/c1-6-2-3-7-8(4-6)12(14-10)9(5-13)11-7/h2-4,13H,5H2,1H3. The molecule has 14 heavy (non-hydrogen) atoms. The zero-order valence-electron chi connectivity index (χ0n) is 7.57. The minimum atomic E-state index is -0.259. The van der Waals surface area contributed by atoms with Gasteiger partial charge in [0, 0.05) is 0 Å². The van der Waals surface area contributed by atoms with E-state index in [4.69, 9.17) is 5.11 Å². The quantitative estimate of drug-likeness (QED) is 0.829. The maximum absolute atomic E-state index is 12.6. The third-order valence-electron chi connectivity index (χ3n) is 2.04. The summed E-state index contributed by atoms with van der Waals surface area (Å²) in [5.41, 5.74) is 2.43. The lowest BCUT2D eigenvalue weighted by Gasteiger charge is -1.98. The Labute approximate surface area is 85.0 Å². The molecular weight excluding hydrogens is 203 g/mol. The molecule has 0 atom stereocenters. The fraction of sp³-hybridized carbons (Fsp3) is 0.222. The Morgan fingerprint density at radius 3 is 3.00 bits per heavy atom. The molecule has 0 aliphatic rings. The van der Waals surface area contributed by atoms with Gasteiger partial charge in [0.15, 0.2) is 12.3 Å². The van der Waals surface area contributed by atoms with Crippen molar-refractivity contribution >= 4 is 23.4 Å². The Hall–Kier alpha value is -1.07. The normalized spacial score (nSPS) is 11.1. The van der Waals surface area contributed by atoms with Crippen LogP contribution in [-0.2, 0) is 6.61 Å². The number of halogens is 1. The SMILES string of the molecule is Cc1ccc2nc(CO)n(SF)c2c1. The molecule has 1 N–H and O–H groups in total. The zero-order chi connectivity index (χ0) is 10.1. The first-order valence-corrected chi connectivity index (χ1v) is 4.81. The smallest absolute Gasteiger partial charge is 0.171 e. The van der Waals surface area contributed by atoms with Gasteiger partial charge in [0.2, 0.25) is 0 Å². The summed E-state index contributed by atoms with van der Waals surface area (Å²) < 4.78 is 13.9. The van der Waals surface area contributed by atoms with Gasteiger partial charge in [-0.15, -0.1) is 3.89 Å². The predicted molar refractivity (Wildman–Crippen MR) is 54.5 cm³/mol. The van der Waals surface area contributed by atoms with E-state index in [1.54, 1.807) is 0 Å². The Bertz CT molecular complexity index is 469. The molecule has 0 aliphatic heterocycles. The van der Waals surface area contributed by atoms with Gasteiger partial charge in [0.1, 0.15) is 12.4 Å². The van der Waals surface area contributed by atoms with Gasteiger partial charge in [-0.1, -0.05) is 6.07 Å². The number of aryl methyl sites for hydroxylation is 1. The number of fused-ring (bicyclic) bond motifs is 1. The number of aliphatic hydroxyl groups is 1. The van der Waals surface area contributed by atoms with Crippen molar-refractivity contribution < 1.29 is 8.99 Å². The summed E-state index contributed by atoms with van der Waals surface area (Å²) >= 11 is 0.0590. The van der Waals surface area contributed by atoms with Gasteiger partial charge in [-0.25, -0.2) is 8.96 Å². The van der Waals surface area contributed by atoms with Crippen LogP contribution in [-0.4, -0.2) is 14.1 Å². The van der Waals surface area contributed by atoms with Gasteiger partial charge in [-0.2, -0.15) is 0 Å². The topological polar surface area (TPSA) is 38.1 Å². The van der Waals surface area contributed by atoms with Crippen LogP contribution in [0, 0.1) is 6.92 Å². The first-order valence-electron chi connectivity index (χ1n) is 4.14. The van der Waals surface area contributed by atoms with Crippen molar-refractivity contribution in [1.82, 2.24) is 8.96 Å². The minimum Gasteiger partial charge on any atom is -0.388 e. The Morgan fingerprint density at radius 2 is 2.36 bits per heavy atom. The zero-order valence-corrected chi connectivity index (χ0v) is 8.38. The molecule has 0 amide bonds. The summed E-state index contributed by atoms with van der Waals surface area (Å²) in [6.45, 7) is 1.67. The van der Waals surface area contributed by atoms with Crippen molar-refractivity contribution in [3.05, 3.63) is 29.6 Å². The van der Waals surface area contributed by atoms with E-state index in [1.165, 1.54) is 3.97 Å². The number of hydrogen-bond acceptors (Lipinski definition) is 3. The molecule has 2 aromatic rings. The molecule has 2 rings (SSSR count). The van der Waals surface area contributed by atoms with Gasteiger partial charge >= 0.3 is 0 Å². The minimum absolute atomic E-state index is 0.0590. The van der Waals surface area contributed by atoms with Crippen molar-refractivity contribution in [2.24, 2.45) is 0 Å². The molecule has 0 bridgehead atoms. The molecule has 1 heterocycles. The molecule has 0 aliphatic carbocycles. The van der Waals surface area contributed by atoms with Crippen LogP contribution >= 0.6 is 12.3 Å². The highest BCUT2D eigenvalue weighted by Crippen LogP contribution is 2.23. The van der Waals surface area contributed by atoms with Crippen LogP contribution in [0.1, 0.15) is 11.4 Å². The summed E-state index contributed by atoms with van der Waals surface area (Å²) in [4.78, 5) is 4.10. The van der Waals surface area contributed by atoms with E-state index in [1.807, 2.05) is 25.1 Å². The van der Waals surface area contributed by atoms with Gasteiger partial charge in [0.25, 0.3) is 0 Å². The summed E-state index contributed by atoms with van der Waals surface area (Å²) in [6.07, 6.45) is 0. The largest absolute Gasteiger partial charge is 0.388 e. The van der Waals surface area contributed by atoms with Crippen molar-refractivity contribution in [3.8, 4) is 0 Å². The number of benzene rings is 1. The van der Waals surface area contributed by atoms with E-state index >= 15 is 0 Å². The van der Waals surface area contributed by atoms with Gasteiger partial charge in [0.05, 0.1) is 11.0 Å². The van der Waals surface area contributed by atoms with Crippen molar-refractivity contribution in [3.63, 3.8) is 0 Å². The second-order valence-corrected chi connectivity index (χ2v) is 3.54. The van der Waals surface area contributed by atoms with Crippen LogP contribution in [0.25, 0.3) is 11.0 Å². The average molecular weight is 212 g/mol. The van der Waals surface area contributed by atoms with Crippen LogP contribution < -0.4 is 0 Å². The molecule has 74 valence electrons. The molecule has 0 fully saturated rings. The van der Waals surface area contributed by atoms with E-state index in [2.05, 4.69) is 4.98 Å². The molecule has 0 saturated carbocycles. The maximum Gasteiger partial charge on any atom is 0.171 e. The molecule has 3 nitrogen and oxygen atoms in total. The Balaban J connectivity index is 2.74. The van der Waals surface area contributed by atoms with Crippen molar-refractivity contribution in [2.45, 2.75) is 13.5 Å². The number of nitrogens with zero attached hydrogens (tertiary/aromatic N) is 2. The Kier molecular flexibility index (Phi) is 2.43. The van der Waals surface area contributed by atoms with Crippen molar-refractivity contribution in [2.75, 3.05) is 0 Å². The molecule has 0 spiro atoms. The second-order valence-electron chi connectivity index (χ2n) is 3.04. The predicted octanol–water partition coefficient (Wildman–Crippen LogP) is 2.22. The summed E-state index contributed by atoms with van der Waals surface area (Å²) in [7, 11) is 0. The second kappa shape index (κ2) is 3.59. The van der Waals surface area contributed by atoms with Crippen LogP contribution in [0.5, 0.6) is 0 Å². The molecule has 1 aromatic heterocycles. The highest BCUT2D eigenvalue weighted by molar-refractivity contribution is 7.92. The number of imidazole rings is 1. The van der Waals surface area contributed by atoms with E-state index < -0.39 is 0 Å². The van der Waals surface area contributed by atoms with Gasteiger partial charge in [-0.05, 0) is 24.6 Å². The fourth-order valence-electron chi connectivity index (χ4n) is 1.39. The monoisotopic (exact) mass is 212 g/mol. The number of hydrogen-bond donors (Lipinski definition) is 1. The van der Waals surface area contributed by atoms with E-state index in [-0.39, 0.29) is 18.9 Å². The summed E-state index contributed by atoms with van der Waals surface area (Å²) in [6, 6.07) is 5.56. The molecule has 1 aromatic carbocycles. The molecular formula is C9H9FN2OS. The highest BCUT2D eigenvalue weighted by atomic mass is 32.2. The van der Waals surface area contributed by atoms with Gasteiger partial charge < -0.3 is 5.11 Å². The van der Waals surface area contributed by atoms with Crippen LogP contribution in [0.2, 0.25) is 0 Å². The molecule has 0 saturated heterocycles. The number of aromatic nitrogens is 2. The number of aliphatic hydroxyl groups excluding tert-OH is 1. The third-order valence-corrected chi connectivity index (χ3v) is 2.59. The maximum atomic E-state index is 12.6. The third kappa shape index (κ3) is 1.38. The van der Waals surface area contributed by atoms with E-state index in [0.717, 1.165) is 5.56 Å². The van der Waals surface area contributed by atoms with E-state index in [0.29, 0.717) is 16.9 Å². The summed E-state index contributed by atoms with van der Waals surface area (Å²) in [5, 5.41) is 8.96. The van der Waals surface area contributed by atoms with Crippen LogP contribution in [0.15, 0.2) is 18.2 Å². The lowest BCUT2D eigenvalue weighted by atomic mass is 10.2. The summed E-state index contributed by atoms with van der Waals surface area (Å²) in [5.74, 6) is 0.332. The average Bonchev–Trinajstić information content (AvgIpc) is 2.54.